The first-order valence-corrected chi connectivity index (χ1v) is 6.64. The van der Waals surface area contributed by atoms with E-state index in [0.717, 1.165) is 17.2 Å². The van der Waals surface area contributed by atoms with Crippen LogP contribution < -0.4 is 11.1 Å². The van der Waals surface area contributed by atoms with Crippen LogP contribution in [0.3, 0.4) is 0 Å². The standard InChI is InChI=1S/C14H20N2S/c1-9-6-7-11(8-9)16-13-10(2)4-3-5-12(13)14(15)17/h3-5,9,11,16H,6-8H2,1-2H3,(H2,15,17). The Labute approximate surface area is 109 Å². The van der Waals surface area contributed by atoms with Gasteiger partial charge in [-0.1, -0.05) is 31.3 Å². The molecule has 1 fully saturated rings. The summed E-state index contributed by atoms with van der Waals surface area (Å²) in [7, 11) is 0. The Morgan fingerprint density at radius 1 is 1.41 bits per heavy atom. The summed E-state index contributed by atoms with van der Waals surface area (Å²) < 4.78 is 0. The largest absolute Gasteiger partial charge is 0.389 e. The van der Waals surface area contributed by atoms with Gasteiger partial charge in [-0.2, -0.15) is 0 Å². The molecule has 0 aromatic heterocycles. The van der Waals surface area contributed by atoms with E-state index in [0.29, 0.717) is 11.0 Å². The summed E-state index contributed by atoms with van der Waals surface area (Å²) >= 11 is 5.11. The Hall–Kier alpha value is -1.09. The zero-order valence-electron chi connectivity index (χ0n) is 10.5. The van der Waals surface area contributed by atoms with Crippen molar-refractivity contribution >= 4 is 22.9 Å². The van der Waals surface area contributed by atoms with Crippen molar-refractivity contribution in [3.8, 4) is 0 Å². The molecule has 1 aliphatic rings. The molecular weight excluding hydrogens is 228 g/mol. The van der Waals surface area contributed by atoms with E-state index in [2.05, 4.69) is 25.2 Å². The fourth-order valence-electron chi connectivity index (χ4n) is 2.61. The Bertz CT molecular complexity index is 428. The van der Waals surface area contributed by atoms with Crippen LogP contribution >= 0.6 is 12.2 Å². The van der Waals surface area contributed by atoms with Crippen LogP contribution in [-0.4, -0.2) is 11.0 Å². The van der Waals surface area contributed by atoms with Crippen molar-refractivity contribution in [3.63, 3.8) is 0 Å². The lowest BCUT2D eigenvalue weighted by molar-refractivity contribution is 0.602. The highest BCUT2D eigenvalue weighted by Crippen LogP contribution is 2.30. The SMILES string of the molecule is Cc1cccc(C(N)=S)c1NC1CCC(C)C1. The molecule has 2 rings (SSSR count). The van der Waals surface area contributed by atoms with E-state index in [1.165, 1.54) is 24.8 Å². The predicted octanol–water partition coefficient (Wildman–Crippen LogP) is 3.23. The lowest BCUT2D eigenvalue weighted by Crippen LogP contribution is -2.20. The van der Waals surface area contributed by atoms with Crippen LogP contribution in [0, 0.1) is 12.8 Å². The van der Waals surface area contributed by atoms with E-state index < -0.39 is 0 Å². The molecule has 2 nitrogen and oxygen atoms in total. The van der Waals surface area contributed by atoms with Gasteiger partial charge in [0.2, 0.25) is 0 Å². The number of nitrogens with two attached hydrogens (primary N) is 1. The van der Waals surface area contributed by atoms with Crippen molar-refractivity contribution in [2.24, 2.45) is 11.7 Å². The van der Waals surface area contributed by atoms with Gasteiger partial charge in [-0.15, -0.1) is 0 Å². The number of rotatable bonds is 3. The first-order valence-electron chi connectivity index (χ1n) is 6.24. The summed E-state index contributed by atoms with van der Waals surface area (Å²) in [5.41, 5.74) is 9.09. The van der Waals surface area contributed by atoms with Crippen LogP contribution in [0.5, 0.6) is 0 Å². The number of thiocarbonyl (C=S) groups is 1. The van der Waals surface area contributed by atoms with Crippen LogP contribution in [0.25, 0.3) is 0 Å². The molecule has 3 N–H and O–H groups in total. The first-order chi connectivity index (χ1) is 8.08. The molecule has 92 valence electrons. The third kappa shape index (κ3) is 2.78. The molecular formula is C14H20N2S. The molecule has 0 spiro atoms. The summed E-state index contributed by atoms with van der Waals surface area (Å²) in [6, 6.07) is 6.67. The number of para-hydroxylation sites is 1. The average molecular weight is 248 g/mol. The molecule has 0 heterocycles. The van der Waals surface area contributed by atoms with Crippen LogP contribution in [0.4, 0.5) is 5.69 Å². The average Bonchev–Trinajstić information content (AvgIpc) is 2.67. The second kappa shape index (κ2) is 5.05. The molecule has 2 unspecified atom stereocenters. The van der Waals surface area contributed by atoms with Gasteiger partial charge in [0.05, 0.1) is 0 Å². The lowest BCUT2D eigenvalue weighted by atomic mass is 10.1. The fraction of sp³-hybridized carbons (Fsp3) is 0.500. The van der Waals surface area contributed by atoms with Crippen molar-refractivity contribution in [3.05, 3.63) is 29.3 Å². The van der Waals surface area contributed by atoms with Crippen molar-refractivity contribution < 1.29 is 0 Å². The van der Waals surface area contributed by atoms with Crippen molar-refractivity contribution in [2.75, 3.05) is 5.32 Å². The van der Waals surface area contributed by atoms with E-state index in [9.17, 15) is 0 Å². The highest BCUT2D eigenvalue weighted by Gasteiger charge is 2.22. The van der Waals surface area contributed by atoms with Crippen LogP contribution in [-0.2, 0) is 0 Å². The van der Waals surface area contributed by atoms with Gasteiger partial charge in [-0.25, -0.2) is 0 Å². The quantitative estimate of drug-likeness (QED) is 0.807. The number of aryl methyl sites for hydroxylation is 1. The van der Waals surface area contributed by atoms with E-state index in [1.807, 2.05) is 12.1 Å². The van der Waals surface area contributed by atoms with Gasteiger partial charge in [0.1, 0.15) is 4.99 Å². The number of anilines is 1. The second-order valence-corrected chi connectivity index (χ2v) is 5.56. The minimum atomic E-state index is 0.474. The molecule has 3 heteroatoms. The number of hydrogen-bond acceptors (Lipinski definition) is 2. The second-order valence-electron chi connectivity index (χ2n) is 5.12. The van der Waals surface area contributed by atoms with E-state index in [4.69, 9.17) is 18.0 Å². The van der Waals surface area contributed by atoms with Crippen molar-refractivity contribution in [1.82, 2.24) is 0 Å². The first kappa shape index (κ1) is 12.4. The third-order valence-electron chi connectivity index (χ3n) is 3.58. The van der Waals surface area contributed by atoms with Crippen molar-refractivity contribution in [1.29, 1.82) is 0 Å². The minimum Gasteiger partial charge on any atom is -0.389 e. The molecule has 1 aliphatic carbocycles. The lowest BCUT2D eigenvalue weighted by Gasteiger charge is -2.19. The van der Waals surface area contributed by atoms with E-state index >= 15 is 0 Å². The monoisotopic (exact) mass is 248 g/mol. The Morgan fingerprint density at radius 3 is 2.76 bits per heavy atom. The summed E-state index contributed by atoms with van der Waals surface area (Å²) in [6.07, 6.45) is 3.79. The van der Waals surface area contributed by atoms with Crippen LogP contribution in [0.15, 0.2) is 18.2 Å². The maximum Gasteiger partial charge on any atom is 0.106 e. The molecule has 0 amide bonds. The maximum atomic E-state index is 5.78. The molecule has 0 aliphatic heterocycles. The molecule has 0 radical (unpaired) electrons. The predicted molar refractivity (Wildman–Crippen MR) is 77.5 cm³/mol. The molecule has 0 bridgehead atoms. The summed E-state index contributed by atoms with van der Waals surface area (Å²) in [5, 5.41) is 3.62. The number of nitrogens with one attached hydrogen (secondary N) is 1. The zero-order chi connectivity index (χ0) is 12.4. The molecule has 0 saturated heterocycles. The molecule has 2 atom stereocenters. The molecule has 1 saturated carbocycles. The minimum absolute atomic E-state index is 0.474. The zero-order valence-corrected chi connectivity index (χ0v) is 11.3. The molecule has 17 heavy (non-hydrogen) atoms. The van der Waals surface area contributed by atoms with Gasteiger partial charge < -0.3 is 11.1 Å². The third-order valence-corrected chi connectivity index (χ3v) is 3.80. The highest BCUT2D eigenvalue weighted by atomic mass is 32.1. The summed E-state index contributed by atoms with van der Waals surface area (Å²) in [5.74, 6) is 0.824. The Morgan fingerprint density at radius 2 is 2.18 bits per heavy atom. The molecule has 1 aromatic carbocycles. The molecule has 1 aromatic rings. The smallest absolute Gasteiger partial charge is 0.106 e. The van der Waals surface area contributed by atoms with E-state index in [1.54, 1.807) is 0 Å². The van der Waals surface area contributed by atoms with Gasteiger partial charge in [0.25, 0.3) is 0 Å². The topological polar surface area (TPSA) is 38.0 Å². The van der Waals surface area contributed by atoms with Crippen LogP contribution in [0.1, 0.15) is 37.3 Å². The summed E-state index contributed by atoms with van der Waals surface area (Å²) in [6.45, 7) is 4.41. The fourth-order valence-corrected chi connectivity index (χ4v) is 2.78. The maximum absolute atomic E-state index is 5.78. The van der Waals surface area contributed by atoms with Gasteiger partial charge >= 0.3 is 0 Å². The summed E-state index contributed by atoms with van der Waals surface area (Å²) in [4.78, 5) is 0.474. The van der Waals surface area contributed by atoms with Gasteiger partial charge in [-0.3, -0.25) is 0 Å². The van der Waals surface area contributed by atoms with Gasteiger partial charge in [-0.05, 0) is 43.7 Å². The van der Waals surface area contributed by atoms with E-state index in [-0.39, 0.29) is 0 Å². The highest BCUT2D eigenvalue weighted by molar-refractivity contribution is 7.80. The Kier molecular flexibility index (Phi) is 3.67. The van der Waals surface area contributed by atoms with Gasteiger partial charge in [0.15, 0.2) is 0 Å². The number of hydrogen-bond donors (Lipinski definition) is 2. The number of benzene rings is 1. The van der Waals surface area contributed by atoms with Crippen LogP contribution in [0.2, 0.25) is 0 Å². The Balaban J connectivity index is 2.22. The van der Waals surface area contributed by atoms with Gasteiger partial charge in [0, 0.05) is 17.3 Å². The van der Waals surface area contributed by atoms with Crippen molar-refractivity contribution in [2.45, 2.75) is 39.2 Å². The normalized spacial score (nSPS) is 23.6.